The van der Waals surface area contributed by atoms with Crippen molar-refractivity contribution in [2.24, 2.45) is 11.7 Å². The number of aromatic nitrogens is 1. The molecule has 0 aliphatic heterocycles. The van der Waals surface area contributed by atoms with E-state index in [1.165, 1.54) is 0 Å². The van der Waals surface area contributed by atoms with Crippen molar-refractivity contribution in [1.82, 2.24) is 9.88 Å². The monoisotopic (exact) mass is 249 g/mol. The van der Waals surface area contributed by atoms with Gasteiger partial charge in [0.25, 0.3) is 5.91 Å². The molecule has 0 unspecified atom stereocenters. The third-order valence-corrected chi connectivity index (χ3v) is 3.36. The zero-order chi connectivity index (χ0) is 13.1. The summed E-state index contributed by atoms with van der Waals surface area (Å²) in [7, 11) is 1.79. The first-order valence-electron chi connectivity index (χ1n) is 6.18. The molecule has 0 aromatic carbocycles. The van der Waals surface area contributed by atoms with Gasteiger partial charge in [0.05, 0.1) is 11.8 Å². The molecule has 1 aromatic heterocycles. The van der Waals surface area contributed by atoms with Crippen LogP contribution in [0.25, 0.3) is 0 Å². The molecular formula is C13H19N3O2. The maximum absolute atomic E-state index is 12.2. The van der Waals surface area contributed by atoms with Gasteiger partial charge in [0.2, 0.25) is 0 Å². The van der Waals surface area contributed by atoms with Crippen LogP contribution in [0, 0.1) is 5.92 Å². The molecule has 0 spiro atoms. The van der Waals surface area contributed by atoms with Crippen LogP contribution in [0.2, 0.25) is 0 Å². The third kappa shape index (κ3) is 2.86. The number of amides is 1. The van der Waals surface area contributed by atoms with E-state index in [1.807, 2.05) is 0 Å². The van der Waals surface area contributed by atoms with Crippen LogP contribution in [0.5, 0.6) is 0 Å². The van der Waals surface area contributed by atoms with Crippen molar-refractivity contribution in [1.29, 1.82) is 0 Å². The number of hydrogen-bond donors (Lipinski definition) is 2. The lowest BCUT2D eigenvalue weighted by atomic mass is 9.82. The van der Waals surface area contributed by atoms with Gasteiger partial charge in [-0.1, -0.05) is 0 Å². The van der Waals surface area contributed by atoms with Crippen LogP contribution in [-0.4, -0.2) is 40.6 Å². The molecule has 1 heterocycles. The van der Waals surface area contributed by atoms with E-state index in [1.54, 1.807) is 30.3 Å². The molecule has 1 amide bonds. The number of pyridine rings is 1. The highest BCUT2D eigenvalue weighted by atomic mass is 16.3. The summed E-state index contributed by atoms with van der Waals surface area (Å²) in [6.45, 7) is 1.02. The fourth-order valence-electron chi connectivity index (χ4n) is 2.26. The van der Waals surface area contributed by atoms with E-state index < -0.39 is 0 Å². The zero-order valence-corrected chi connectivity index (χ0v) is 10.5. The predicted molar refractivity (Wildman–Crippen MR) is 67.8 cm³/mol. The van der Waals surface area contributed by atoms with Gasteiger partial charge in [0, 0.05) is 31.9 Å². The summed E-state index contributed by atoms with van der Waals surface area (Å²) in [5.74, 6) is 0.401. The minimum Gasteiger partial charge on any atom is -0.393 e. The summed E-state index contributed by atoms with van der Waals surface area (Å²) in [5.41, 5.74) is 6.84. The van der Waals surface area contributed by atoms with E-state index in [2.05, 4.69) is 4.98 Å². The van der Waals surface area contributed by atoms with Crippen molar-refractivity contribution >= 4 is 5.91 Å². The Morgan fingerprint density at radius 1 is 1.61 bits per heavy atom. The Kier molecular flexibility index (Phi) is 3.93. The molecule has 1 fully saturated rings. The summed E-state index contributed by atoms with van der Waals surface area (Å²) >= 11 is 0. The van der Waals surface area contributed by atoms with Gasteiger partial charge in [-0.25, -0.2) is 0 Å². The Hall–Kier alpha value is -1.46. The molecule has 0 atom stereocenters. The first-order chi connectivity index (χ1) is 8.60. The smallest absolute Gasteiger partial charge is 0.253 e. The second-order valence-corrected chi connectivity index (χ2v) is 4.92. The van der Waals surface area contributed by atoms with Gasteiger partial charge >= 0.3 is 0 Å². The first kappa shape index (κ1) is 13.0. The summed E-state index contributed by atoms with van der Waals surface area (Å²) in [5, 5.41) is 9.23. The molecule has 98 valence electrons. The number of hydrogen-bond acceptors (Lipinski definition) is 4. The molecule has 1 saturated carbocycles. The molecule has 1 aliphatic carbocycles. The van der Waals surface area contributed by atoms with Gasteiger partial charge in [-0.3, -0.25) is 9.78 Å². The standard InChI is InChI=1S/C13H19N3O2/c1-16(8-9-4-12(17)5-9)13(18)10-2-3-15-11(6-10)7-14/h2-3,6,9,12,17H,4-5,7-8,14H2,1H3. The van der Waals surface area contributed by atoms with Crippen molar-refractivity contribution in [2.75, 3.05) is 13.6 Å². The normalized spacial score (nSPS) is 22.4. The predicted octanol–water partition coefficient (Wildman–Crippen LogP) is 0.383. The van der Waals surface area contributed by atoms with Crippen LogP contribution in [0.4, 0.5) is 0 Å². The van der Waals surface area contributed by atoms with Gasteiger partial charge in [-0.15, -0.1) is 0 Å². The van der Waals surface area contributed by atoms with Crippen LogP contribution in [-0.2, 0) is 6.54 Å². The molecule has 3 N–H and O–H groups in total. The number of aliphatic hydroxyl groups excluding tert-OH is 1. The second kappa shape index (κ2) is 5.46. The van der Waals surface area contributed by atoms with E-state index >= 15 is 0 Å². The maximum Gasteiger partial charge on any atom is 0.253 e. The Morgan fingerprint density at radius 2 is 2.33 bits per heavy atom. The molecule has 2 rings (SSSR count). The molecule has 1 aromatic rings. The molecule has 5 nitrogen and oxygen atoms in total. The van der Waals surface area contributed by atoms with E-state index in [4.69, 9.17) is 5.73 Å². The highest BCUT2D eigenvalue weighted by Crippen LogP contribution is 2.27. The fraction of sp³-hybridized carbons (Fsp3) is 0.538. The second-order valence-electron chi connectivity index (χ2n) is 4.92. The van der Waals surface area contributed by atoms with Gasteiger partial charge in [0.1, 0.15) is 0 Å². The maximum atomic E-state index is 12.2. The van der Waals surface area contributed by atoms with Crippen molar-refractivity contribution in [2.45, 2.75) is 25.5 Å². The Bertz CT molecular complexity index is 430. The molecule has 5 heteroatoms. The van der Waals surface area contributed by atoms with Crippen LogP contribution in [0.3, 0.4) is 0 Å². The van der Waals surface area contributed by atoms with Crippen molar-refractivity contribution < 1.29 is 9.90 Å². The largest absolute Gasteiger partial charge is 0.393 e. The lowest BCUT2D eigenvalue weighted by molar-refractivity contribution is 0.0265. The van der Waals surface area contributed by atoms with Crippen molar-refractivity contribution in [3.8, 4) is 0 Å². The molecule has 0 radical (unpaired) electrons. The van der Waals surface area contributed by atoms with Crippen LogP contribution < -0.4 is 5.73 Å². The van der Waals surface area contributed by atoms with Crippen molar-refractivity contribution in [3.05, 3.63) is 29.6 Å². The summed E-state index contributed by atoms with van der Waals surface area (Å²) < 4.78 is 0. The molecule has 0 bridgehead atoms. The minimum atomic E-state index is -0.178. The first-order valence-corrected chi connectivity index (χ1v) is 6.18. The van der Waals surface area contributed by atoms with Crippen LogP contribution in [0.15, 0.2) is 18.3 Å². The topological polar surface area (TPSA) is 79.5 Å². The SMILES string of the molecule is CN(CC1CC(O)C1)C(=O)c1ccnc(CN)c1. The number of rotatable bonds is 4. The highest BCUT2D eigenvalue weighted by molar-refractivity contribution is 5.94. The number of nitrogens with two attached hydrogens (primary N) is 1. The molecular weight excluding hydrogens is 230 g/mol. The number of carbonyl (C=O) groups is 1. The Labute approximate surface area is 107 Å². The minimum absolute atomic E-state index is 0.0199. The summed E-state index contributed by atoms with van der Waals surface area (Å²) in [6, 6.07) is 3.43. The Morgan fingerprint density at radius 3 is 2.94 bits per heavy atom. The fourth-order valence-corrected chi connectivity index (χ4v) is 2.26. The molecule has 1 aliphatic rings. The number of carbonyl (C=O) groups excluding carboxylic acids is 1. The number of aliphatic hydroxyl groups is 1. The van der Waals surface area contributed by atoms with Gasteiger partial charge < -0.3 is 15.7 Å². The van der Waals surface area contributed by atoms with E-state index in [-0.39, 0.29) is 12.0 Å². The van der Waals surface area contributed by atoms with E-state index in [9.17, 15) is 9.90 Å². The lowest BCUT2D eigenvalue weighted by Gasteiger charge is -2.34. The molecule has 0 saturated heterocycles. The van der Waals surface area contributed by atoms with Gasteiger partial charge in [0.15, 0.2) is 0 Å². The van der Waals surface area contributed by atoms with Crippen LogP contribution >= 0.6 is 0 Å². The zero-order valence-electron chi connectivity index (χ0n) is 10.5. The number of nitrogens with zero attached hydrogens (tertiary/aromatic N) is 2. The summed E-state index contributed by atoms with van der Waals surface area (Å²) in [6.07, 6.45) is 3.02. The van der Waals surface area contributed by atoms with Gasteiger partial charge in [-0.2, -0.15) is 0 Å². The van der Waals surface area contributed by atoms with Crippen LogP contribution in [0.1, 0.15) is 28.9 Å². The summed E-state index contributed by atoms with van der Waals surface area (Å²) in [4.78, 5) is 17.9. The van der Waals surface area contributed by atoms with Crippen molar-refractivity contribution in [3.63, 3.8) is 0 Å². The third-order valence-electron chi connectivity index (χ3n) is 3.36. The molecule has 18 heavy (non-hydrogen) atoms. The lowest BCUT2D eigenvalue weighted by Crippen LogP contribution is -2.39. The van der Waals surface area contributed by atoms with E-state index in [0.717, 1.165) is 12.8 Å². The van der Waals surface area contributed by atoms with E-state index in [0.29, 0.717) is 30.3 Å². The van der Waals surface area contributed by atoms with Gasteiger partial charge in [-0.05, 0) is 30.9 Å². The average molecular weight is 249 g/mol. The Balaban J connectivity index is 1.96. The average Bonchev–Trinajstić information content (AvgIpc) is 2.36. The quantitative estimate of drug-likeness (QED) is 0.808. The highest BCUT2D eigenvalue weighted by Gasteiger charge is 2.29.